The average molecular weight is 357 g/mol. The fourth-order valence-electron chi connectivity index (χ4n) is 3.27. The van der Waals surface area contributed by atoms with Crippen LogP contribution in [0.3, 0.4) is 0 Å². The zero-order chi connectivity index (χ0) is 18.8. The van der Waals surface area contributed by atoms with Gasteiger partial charge in [0.25, 0.3) is 0 Å². The van der Waals surface area contributed by atoms with Crippen LogP contribution in [-0.2, 0) is 16.1 Å². The number of carbonyl (C=O) groups excluding carboxylic acids is 2. The molecule has 7 heteroatoms. The van der Waals surface area contributed by atoms with Crippen molar-refractivity contribution in [2.75, 3.05) is 18.0 Å². The highest BCUT2D eigenvalue weighted by atomic mass is 16.6. The third-order valence-corrected chi connectivity index (χ3v) is 4.44. The molecule has 0 bridgehead atoms. The van der Waals surface area contributed by atoms with Crippen molar-refractivity contribution in [3.63, 3.8) is 0 Å². The number of carbonyl (C=O) groups is 2. The second-order valence-electron chi connectivity index (χ2n) is 6.57. The van der Waals surface area contributed by atoms with E-state index >= 15 is 0 Å². The molecule has 1 atom stereocenters. The molecule has 2 aromatic rings. The molecule has 1 aliphatic rings. The first kappa shape index (κ1) is 18.0. The molecule has 138 valence electrons. The smallest absolute Gasteiger partial charge is 0.414 e. The number of anilines is 1. The molecule has 1 aliphatic heterocycles. The van der Waals surface area contributed by atoms with E-state index in [9.17, 15) is 14.7 Å². The molecule has 0 unspecified atom stereocenters. The van der Waals surface area contributed by atoms with Crippen molar-refractivity contribution in [3.05, 3.63) is 47.3 Å². The first-order chi connectivity index (χ1) is 12.4. The van der Waals surface area contributed by atoms with Gasteiger partial charge in [-0.25, -0.2) is 4.79 Å². The van der Waals surface area contributed by atoms with Crippen LogP contribution in [0, 0.1) is 13.8 Å². The molecule has 0 spiro atoms. The minimum Gasteiger partial charge on any atom is -0.442 e. The molecular weight excluding hydrogens is 334 g/mol. The van der Waals surface area contributed by atoms with Gasteiger partial charge in [-0.1, -0.05) is 0 Å². The predicted octanol–water partition coefficient (Wildman–Crippen LogP) is 2.05. The maximum atomic E-state index is 12.2. The van der Waals surface area contributed by atoms with Gasteiger partial charge in [0.2, 0.25) is 5.91 Å². The first-order valence-corrected chi connectivity index (χ1v) is 8.51. The quantitative estimate of drug-likeness (QED) is 0.858. The van der Waals surface area contributed by atoms with Gasteiger partial charge < -0.3 is 19.7 Å². The second kappa shape index (κ2) is 7.21. The number of aliphatic hydroxyl groups is 1. The van der Waals surface area contributed by atoms with E-state index in [-0.39, 0.29) is 18.6 Å². The molecule has 0 radical (unpaired) electrons. The van der Waals surface area contributed by atoms with Gasteiger partial charge in [-0.3, -0.25) is 9.69 Å². The Labute approximate surface area is 152 Å². The van der Waals surface area contributed by atoms with E-state index in [1.165, 1.54) is 6.92 Å². The number of cyclic esters (lactones) is 1. The molecule has 26 heavy (non-hydrogen) atoms. The molecule has 1 aromatic heterocycles. The zero-order valence-electron chi connectivity index (χ0n) is 15.2. The molecule has 1 fully saturated rings. The average Bonchev–Trinajstić information content (AvgIpc) is 3.19. The topological polar surface area (TPSA) is 83.8 Å². The summed E-state index contributed by atoms with van der Waals surface area (Å²) in [6.45, 7) is 6.11. The molecule has 2 N–H and O–H groups in total. The number of benzene rings is 1. The van der Waals surface area contributed by atoms with Crippen molar-refractivity contribution < 1.29 is 19.4 Å². The largest absolute Gasteiger partial charge is 0.442 e. The number of aryl methyl sites for hydroxylation is 2. The van der Waals surface area contributed by atoms with Gasteiger partial charge in [-0.05, 0) is 48.7 Å². The van der Waals surface area contributed by atoms with Gasteiger partial charge in [0, 0.05) is 25.0 Å². The van der Waals surface area contributed by atoms with Gasteiger partial charge in [-0.2, -0.15) is 0 Å². The van der Waals surface area contributed by atoms with Crippen LogP contribution in [0.2, 0.25) is 0 Å². The van der Waals surface area contributed by atoms with Crippen LogP contribution in [-0.4, -0.2) is 40.9 Å². The minimum absolute atomic E-state index is 0.00150. The Kier molecular flexibility index (Phi) is 4.99. The number of hydrogen-bond donors (Lipinski definition) is 2. The van der Waals surface area contributed by atoms with Gasteiger partial charge in [-0.15, -0.1) is 0 Å². The molecule has 0 saturated carbocycles. The van der Waals surface area contributed by atoms with Gasteiger partial charge >= 0.3 is 6.09 Å². The first-order valence-electron chi connectivity index (χ1n) is 8.51. The van der Waals surface area contributed by atoms with Gasteiger partial charge in [0.05, 0.1) is 25.4 Å². The Balaban J connectivity index is 1.83. The molecule has 2 amide bonds. The number of ether oxygens (including phenoxy) is 1. The Bertz CT molecular complexity index is 820. The summed E-state index contributed by atoms with van der Waals surface area (Å²) in [6.07, 6.45) is 3.04. The Morgan fingerprint density at radius 3 is 2.62 bits per heavy atom. The van der Waals surface area contributed by atoms with E-state index in [2.05, 4.69) is 5.32 Å². The van der Waals surface area contributed by atoms with E-state index in [1.54, 1.807) is 4.90 Å². The molecular formula is C19H23N3O4. The summed E-state index contributed by atoms with van der Waals surface area (Å²) in [4.78, 5) is 24.8. The summed E-state index contributed by atoms with van der Waals surface area (Å²) < 4.78 is 7.30. The number of aliphatic hydroxyl groups excluding tert-OH is 1. The summed E-state index contributed by atoms with van der Waals surface area (Å²) in [5.74, 6) is -0.149. The standard InChI is InChI=1S/C19H23N3O4/c1-12-6-16(22-10-17(26-19(22)25)8-20-14(3)24)7-13(2)18(12)21-5-4-15(9-21)11-23/h4-7,9,17,23H,8,10-11H2,1-3H3,(H,20,24)/t17-/m0/s1. The Morgan fingerprint density at radius 1 is 1.35 bits per heavy atom. The Morgan fingerprint density at radius 2 is 2.04 bits per heavy atom. The minimum atomic E-state index is -0.407. The van der Waals surface area contributed by atoms with E-state index in [4.69, 9.17) is 4.74 Å². The summed E-state index contributed by atoms with van der Waals surface area (Å²) >= 11 is 0. The maximum Gasteiger partial charge on any atom is 0.414 e. The highest BCUT2D eigenvalue weighted by Gasteiger charge is 2.32. The monoisotopic (exact) mass is 357 g/mol. The number of nitrogens with one attached hydrogen (secondary N) is 1. The second-order valence-corrected chi connectivity index (χ2v) is 6.57. The lowest BCUT2D eigenvalue weighted by Crippen LogP contribution is -2.33. The Hall–Kier alpha value is -2.80. The lowest BCUT2D eigenvalue weighted by Gasteiger charge is -2.18. The number of hydrogen-bond acceptors (Lipinski definition) is 4. The lowest BCUT2D eigenvalue weighted by molar-refractivity contribution is -0.119. The van der Waals surface area contributed by atoms with Crippen molar-refractivity contribution >= 4 is 17.7 Å². The van der Waals surface area contributed by atoms with Crippen molar-refractivity contribution in [2.24, 2.45) is 0 Å². The molecule has 3 rings (SSSR count). The summed E-state index contributed by atoms with van der Waals surface area (Å²) in [5.41, 5.74) is 4.66. The van der Waals surface area contributed by atoms with Gasteiger partial charge in [0.15, 0.2) is 0 Å². The molecule has 1 saturated heterocycles. The van der Waals surface area contributed by atoms with E-state index in [0.29, 0.717) is 13.1 Å². The van der Waals surface area contributed by atoms with Crippen molar-refractivity contribution in [1.82, 2.24) is 9.88 Å². The predicted molar refractivity (Wildman–Crippen MR) is 97.5 cm³/mol. The number of aromatic nitrogens is 1. The van der Waals surface area contributed by atoms with Crippen LogP contribution < -0.4 is 10.2 Å². The highest BCUT2D eigenvalue weighted by molar-refractivity contribution is 5.90. The lowest BCUT2D eigenvalue weighted by atomic mass is 10.1. The van der Waals surface area contributed by atoms with E-state index < -0.39 is 6.09 Å². The summed E-state index contributed by atoms with van der Waals surface area (Å²) in [5, 5.41) is 11.9. The fraction of sp³-hybridized carbons (Fsp3) is 0.368. The van der Waals surface area contributed by atoms with Crippen molar-refractivity contribution in [1.29, 1.82) is 0 Å². The SMILES string of the molecule is CC(=O)NC[C@H]1CN(c2cc(C)c(-n3ccc(CO)c3)c(C)c2)C(=O)O1. The van der Waals surface area contributed by atoms with Crippen molar-refractivity contribution in [2.45, 2.75) is 33.5 Å². The molecule has 0 aliphatic carbocycles. The maximum absolute atomic E-state index is 12.2. The highest BCUT2D eigenvalue weighted by Crippen LogP contribution is 2.29. The molecule has 7 nitrogen and oxygen atoms in total. The molecule has 2 heterocycles. The fourth-order valence-corrected chi connectivity index (χ4v) is 3.27. The number of rotatable bonds is 5. The summed E-state index contributed by atoms with van der Waals surface area (Å²) in [6, 6.07) is 5.77. The van der Waals surface area contributed by atoms with Crippen molar-refractivity contribution in [3.8, 4) is 5.69 Å². The van der Waals surface area contributed by atoms with Crippen LogP contribution in [0.5, 0.6) is 0 Å². The van der Waals surface area contributed by atoms with Crippen LogP contribution in [0.15, 0.2) is 30.6 Å². The number of amides is 2. The summed E-state index contributed by atoms with van der Waals surface area (Å²) in [7, 11) is 0. The van der Waals surface area contributed by atoms with Crippen LogP contribution >= 0.6 is 0 Å². The normalized spacial score (nSPS) is 16.7. The van der Waals surface area contributed by atoms with E-state index in [0.717, 1.165) is 28.1 Å². The van der Waals surface area contributed by atoms with Crippen LogP contribution in [0.25, 0.3) is 5.69 Å². The third-order valence-electron chi connectivity index (χ3n) is 4.44. The zero-order valence-corrected chi connectivity index (χ0v) is 15.2. The molecule has 1 aromatic carbocycles. The third kappa shape index (κ3) is 3.57. The number of nitrogens with zero attached hydrogens (tertiary/aromatic N) is 2. The van der Waals surface area contributed by atoms with Crippen LogP contribution in [0.4, 0.5) is 10.5 Å². The van der Waals surface area contributed by atoms with Crippen LogP contribution in [0.1, 0.15) is 23.6 Å². The van der Waals surface area contributed by atoms with Gasteiger partial charge in [0.1, 0.15) is 6.10 Å². The van der Waals surface area contributed by atoms with E-state index in [1.807, 2.05) is 49.0 Å².